The molecule has 1 aliphatic rings. The van der Waals surface area contributed by atoms with Gasteiger partial charge in [0.2, 0.25) is 0 Å². The van der Waals surface area contributed by atoms with Gasteiger partial charge >= 0.3 is 0 Å². The Labute approximate surface area is 138 Å². The Hall–Kier alpha value is -1.29. The summed E-state index contributed by atoms with van der Waals surface area (Å²) in [7, 11) is 0. The number of hydrogen-bond donors (Lipinski definition) is 2. The molecule has 120 valence electrons. The summed E-state index contributed by atoms with van der Waals surface area (Å²) in [5, 5.41) is 16.5. The van der Waals surface area contributed by atoms with Gasteiger partial charge in [0, 0.05) is 5.56 Å². The Balaban J connectivity index is 0.00000176. The van der Waals surface area contributed by atoms with E-state index in [4.69, 9.17) is 4.74 Å². The SMILES string of the molecule is CCOc1cc2ccccc2cc1C(O)C1CCNCC1.Cl. The zero-order valence-corrected chi connectivity index (χ0v) is 13.7. The maximum Gasteiger partial charge on any atom is 0.125 e. The van der Waals surface area contributed by atoms with Gasteiger partial charge in [-0.05, 0) is 61.7 Å². The molecule has 4 heteroatoms. The predicted octanol–water partition coefficient (Wildman–Crippen LogP) is 3.69. The van der Waals surface area contributed by atoms with E-state index in [1.807, 2.05) is 19.1 Å². The molecule has 0 amide bonds. The summed E-state index contributed by atoms with van der Waals surface area (Å²) in [5.41, 5.74) is 0.933. The van der Waals surface area contributed by atoms with Gasteiger partial charge in [0.05, 0.1) is 12.7 Å². The van der Waals surface area contributed by atoms with Crippen LogP contribution in [-0.2, 0) is 0 Å². The molecule has 1 unspecified atom stereocenters. The molecule has 1 aliphatic heterocycles. The number of nitrogens with one attached hydrogen (secondary N) is 1. The summed E-state index contributed by atoms with van der Waals surface area (Å²) in [4.78, 5) is 0. The summed E-state index contributed by atoms with van der Waals surface area (Å²) in [6, 6.07) is 12.4. The fraction of sp³-hybridized carbons (Fsp3) is 0.444. The number of aliphatic hydroxyl groups excluding tert-OH is 1. The number of aliphatic hydroxyl groups is 1. The highest BCUT2D eigenvalue weighted by atomic mass is 35.5. The second-order valence-corrected chi connectivity index (χ2v) is 5.70. The Morgan fingerprint density at radius 1 is 1.18 bits per heavy atom. The molecule has 1 saturated heterocycles. The number of rotatable bonds is 4. The Morgan fingerprint density at radius 3 is 2.45 bits per heavy atom. The summed E-state index contributed by atoms with van der Waals surface area (Å²) >= 11 is 0. The van der Waals surface area contributed by atoms with Gasteiger partial charge in [0.25, 0.3) is 0 Å². The summed E-state index contributed by atoms with van der Waals surface area (Å²) in [6.07, 6.45) is 1.58. The number of halogens is 1. The van der Waals surface area contributed by atoms with Gasteiger partial charge in [-0.25, -0.2) is 0 Å². The van der Waals surface area contributed by atoms with Crippen molar-refractivity contribution in [2.24, 2.45) is 5.92 Å². The zero-order valence-electron chi connectivity index (χ0n) is 12.9. The van der Waals surface area contributed by atoms with E-state index in [2.05, 4.69) is 29.6 Å². The van der Waals surface area contributed by atoms with Gasteiger partial charge in [-0.2, -0.15) is 0 Å². The fourth-order valence-corrected chi connectivity index (χ4v) is 3.16. The molecule has 0 saturated carbocycles. The lowest BCUT2D eigenvalue weighted by Gasteiger charge is -2.28. The van der Waals surface area contributed by atoms with E-state index >= 15 is 0 Å². The first-order chi connectivity index (χ1) is 10.3. The third-order valence-corrected chi connectivity index (χ3v) is 4.33. The molecular formula is C18H24ClNO2. The molecule has 3 rings (SSSR count). The van der Waals surface area contributed by atoms with E-state index in [1.54, 1.807) is 0 Å². The van der Waals surface area contributed by atoms with E-state index in [-0.39, 0.29) is 12.4 Å². The van der Waals surface area contributed by atoms with Gasteiger partial charge < -0.3 is 15.2 Å². The molecule has 0 spiro atoms. The molecular weight excluding hydrogens is 298 g/mol. The molecule has 22 heavy (non-hydrogen) atoms. The Kier molecular flexibility index (Phi) is 6.07. The van der Waals surface area contributed by atoms with Crippen molar-refractivity contribution in [3.63, 3.8) is 0 Å². The van der Waals surface area contributed by atoms with Crippen molar-refractivity contribution in [2.75, 3.05) is 19.7 Å². The molecule has 0 aliphatic carbocycles. The van der Waals surface area contributed by atoms with Crippen LogP contribution in [0.4, 0.5) is 0 Å². The van der Waals surface area contributed by atoms with Crippen LogP contribution in [0, 0.1) is 5.92 Å². The molecule has 2 aromatic carbocycles. The summed E-state index contributed by atoms with van der Waals surface area (Å²) in [6.45, 7) is 4.57. The van der Waals surface area contributed by atoms with Gasteiger partial charge in [-0.3, -0.25) is 0 Å². The fourth-order valence-electron chi connectivity index (χ4n) is 3.16. The predicted molar refractivity (Wildman–Crippen MR) is 92.9 cm³/mol. The molecule has 2 N–H and O–H groups in total. The lowest BCUT2D eigenvalue weighted by molar-refractivity contribution is 0.0860. The first kappa shape index (κ1) is 17.1. The normalized spacial score (nSPS) is 17.0. The van der Waals surface area contributed by atoms with E-state index in [0.29, 0.717) is 12.5 Å². The maximum atomic E-state index is 10.8. The van der Waals surface area contributed by atoms with Crippen LogP contribution in [-0.4, -0.2) is 24.8 Å². The second-order valence-electron chi connectivity index (χ2n) is 5.70. The summed E-state index contributed by atoms with van der Waals surface area (Å²) < 4.78 is 5.78. The molecule has 0 aromatic heterocycles. The average Bonchev–Trinajstić information content (AvgIpc) is 2.55. The second kappa shape index (κ2) is 7.82. The van der Waals surface area contributed by atoms with Crippen LogP contribution in [0.2, 0.25) is 0 Å². The van der Waals surface area contributed by atoms with Crippen LogP contribution < -0.4 is 10.1 Å². The Bertz CT molecular complexity index is 611. The monoisotopic (exact) mass is 321 g/mol. The van der Waals surface area contributed by atoms with E-state index in [9.17, 15) is 5.11 Å². The van der Waals surface area contributed by atoms with Crippen LogP contribution in [0.25, 0.3) is 10.8 Å². The quantitative estimate of drug-likeness (QED) is 0.902. The minimum Gasteiger partial charge on any atom is -0.493 e. The van der Waals surface area contributed by atoms with E-state index < -0.39 is 6.10 Å². The lowest BCUT2D eigenvalue weighted by Crippen LogP contribution is -2.31. The zero-order chi connectivity index (χ0) is 14.7. The molecule has 1 atom stereocenters. The van der Waals surface area contributed by atoms with Gasteiger partial charge in [-0.15, -0.1) is 12.4 Å². The van der Waals surface area contributed by atoms with Crippen LogP contribution in [0.1, 0.15) is 31.4 Å². The number of hydrogen-bond acceptors (Lipinski definition) is 3. The van der Waals surface area contributed by atoms with Crippen molar-refractivity contribution in [1.29, 1.82) is 0 Å². The van der Waals surface area contributed by atoms with Crippen molar-refractivity contribution in [1.82, 2.24) is 5.32 Å². The molecule has 3 nitrogen and oxygen atoms in total. The van der Waals surface area contributed by atoms with E-state index in [1.165, 1.54) is 0 Å². The molecule has 1 fully saturated rings. The van der Waals surface area contributed by atoms with Gasteiger partial charge in [-0.1, -0.05) is 24.3 Å². The smallest absolute Gasteiger partial charge is 0.125 e. The third-order valence-electron chi connectivity index (χ3n) is 4.33. The Morgan fingerprint density at radius 2 is 1.82 bits per heavy atom. The van der Waals surface area contributed by atoms with Crippen molar-refractivity contribution in [2.45, 2.75) is 25.9 Å². The lowest BCUT2D eigenvalue weighted by atomic mass is 9.87. The topological polar surface area (TPSA) is 41.5 Å². The highest BCUT2D eigenvalue weighted by Gasteiger charge is 2.25. The third kappa shape index (κ3) is 3.54. The van der Waals surface area contributed by atoms with Crippen molar-refractivity contribution >= 4 is 23.2 Å². The van der Waals surface area contributed by atoms with Crippen LogP contribution in [0.3, 0.4) is 0 Å². The minimum atomic E-state index is -0.446. The molecule has 0 radical (unpaired) electrons. The first-order valence-electron chi connectivity index (χ1n) is 7.84. The van der Waals surface area contributed by atoms with Crippen molar-refractivity contribution in [3.05, 3.63) is 42.0 Å². The van der Waals surface area contributed by atoms with Crippen molar-refractivity contribution < 1.29 is 9.84 Å². The van der Waals surface area contributed by atoms with Crippen molar-refractivity contribution in [3.8, 4) is 5.75 Å². The molecule has 1 heterocycles. The molecule has 2 aromatic rings. The first-order valence-corrected chi connectivity index (χ1v) is 7.84. The van der Waals surface area contributed by atoms with Crippen LogP contribution >= 0.6 is 12.4 Å². The summed E-state index contributed by atoms with van der Waals surface area (Å²) in [5.74, 6) is 1.13. The van der Waals surface area contributed by atoms with Crippen LogP contribution in [0.5, 0.6) is 5.75 Å². The number of benzene rings is 2. The van der Waals surface area contributed by atoms with Gasteiger partial charge in [0.1, 0.15) is 5.75 Å². The molecule has 0 bridgehead atoms. The largest absolute Gasteiger partial charge is 0.493 e. The maximum absolute atomic E-state index is 10.8. The average molecular weight is 322 g/mol. The highest BCUT2D eigenvalue weighted by molar-refractivity contribution is 5.85. The van der Waals surface area contributed by atoms with E-state index in [0.717, 1.165) is 48.0 Å². The number of piperidine rings is 1. The standard InChI is InChI=1S/C18H23NO2.ClH/c1-2-21-17-12-15-6-4-3-5-14(15)11-16(17)18(20)13-7-9-19-10-8-13;/h3-6,11-13,18-20H,2,7-10H2,1H3;1H. The number of fused-ring (bicyclic) bond motifs is 1. The minimum absolute atomic E-state index is 0. The number of ether oxygens (including phenoxy) is 1. The highest BCUT2D eigenvalue weighted by Crippen LogP contribution is 2.36. The van der Waals surface area contributed by atoms with Crippen LogP contribution in [0.15, 0.2) is 36.4 Å². The van der Waals surface area contributed by atoms with Gasteiger partial charge in [0.15, 0.2) is 0 Å².